The van der Waals surface area contributed by atoms with E-state index in [1.807, 2.05) is 34.1 Å². The van der Waals surface area contributed by atoms with Crippen molar-refractivity contribution in [3.05, 3.63) is 29.8 Å². The predicted octanol–water partition coefficient (Wildman–Crippen LogP) is 2.53. The number of methoxy groups -OCH3 is 1. The number of urea groups is 1. The summed E-state index contributed by atoms with van der Waals surface area (Å²) in [5, 5.41) is 2.99. The number of nitrogens with one attached hydrogen (secondary N) is 1. The van der Waals surface area contributed by atoms with E-state index in [1.54, 1.807) is 7.11 Å². The van der Waals surface area contributed by atoms with Crippen LogP contribution in [0.1, 0.15) is 32.8 Å². The normalized spacial score (nSPS) is 15.4. The number of rotatable bonds is 4. The van der Waals surface area contributed by atoms with Crippen LogP contribution < -0.4 is 10.1 Å². The van der Waals surface area contributed by atoms with Crippen LogP contribution in [-0.4, -0.2) is 61.6 Å². The minimum Gasteiger partial charge on any atom is -0.497 e. The van der Waals surface area contributed by atoms with Crippen molar-refractivity contribution in [3.8, 4) is 5.75 Å². The fourth-order valence-electron chi connectivity index (χ4n) is 2.85. The first-order valence-electron chi connectivity index (χ1n) is 9.22. The van der Waals surface area contributed by atoms with E-state index in [9.17, 15) is 9.59 Å². The maximum Gasteiger partial charge on any atom is 0.317 e. The van der Waals surface area contributed by atoms with E-state index in [1.165, 1.54) is 0 Å². The van der Waals surface area contributed by atoms with Gasteiger partial charge in [0, 0.05) is 32.7 Å². The molecule has 0 saturated carbocycles. The molecule has 144 valence electrons. The summed E-state index contributed by atoms with van der Waals surface area (Å²) in [4.78, 5) is 28.6. The third-order valence-corrected chi connectivity index (χ3v) is 4.42. The molecule has 26 heavy (non-hydrogen) atoms. The number of benzene rings is 1. The molecule has 3 amide bonds. The Morgan fingerprint density at radius 3 is 2.27 bits per heavy atom. The average Bonchev–Trinajstić information content (AvgIpc) is 2.86. The minimum atomic E-state index is -0.0376. The van der Waals surface area contributed by atoms with Gasteiger partial charge in [0.1, 0.15) is 5.75 Å². The highest BCUT2D eigenvalue weighted by Gasteiger charge is 2.23. The molecule has 1 saturated heterocycles. The molecule has 1 aliphatic rings. The maximum atomic E-state index is 12.6. The Labute approximate surface area is 156 Å². The Kier molecular flexibility index (Phi) is 6.89. The fourth-order valence-corrected chi connectivity index (χ4v) is 2.85. The van der Waals surface area contributed by atoms with Crippen LogP contribution in [0.4, 0.5) is 4.79 Å². The second-order valence-corrected chi connectivity index (χ2v) is 7.97. The highest BCUT2D eigenvalue weighted by molar-refractivity contribution is 5.79. The first kappa shape index (κ1) is 20.1. The van der Waals surface area contributed by atoms with Gasteiger partial charge in [-0.25, -0.2) is 4.79 Å². The van der Waals surface area contributed by atoms with Crippen molar-refractivity contribution in [3.63, 3.8) is 0 Å². The van der Waals surface area contributed by atoms with Gasteiger partial charge in [0.25, 0.3) is 0 Å². The van der Waals surface area contributed by atoms with Crippen LogP contribution in [0.5, 0.6) is 5.75 Å². The standard InChI is InChI=1S/C20H31N3O3/c1-20(2,3)15-21-19(25)23-11-5-10-22(12-13-23)18(24)14-16-6-8-17(26-4)9-7-16/h6-9H,5,10-15H2,1-4H3,(H,21,25). The molecule has 1 N–H and O–H groups in total. The number of amides is 3. The van der Waals surface area contributed by atoms with Gasteiger partial charge in [0.05, 0.1) is 13.5 Å². The van der Waals surface area contributed by atoms with E-state index in [2.05, 4.69) is 26.1 Å². The van der Waals surface area contributed by atoms with Crippen LogP contribution in [0.3, 0.4) is 0 Å². The van der Waals surface area contributed by atoms with Crippen LogP contribution in [0.15, 0.2) is 24.3 Å². The average molecular weight is 361 g/mol. The van der Waals surface area contributed by atoms with Gasteiger partial charge in [-0.15, -0.1) is 0 Å². The maximum absolute atomic E-state index is 12.6. The molecule has 2 rings (SSSR count). The number of carbonyl (C=O) groups is 2. The van der Waals surface area contributed by atoms with E-state index >= 15 is 0 Å². The lowest BCUT2D eigenvalue weighted by atomic mass is 9.97. The molecular formula is C20H31N3O3. The molecular weight excluding hydrogens is 330 g/mol. The lowest BCUT2D eigenvalue weighted by Gasteiger charge is -2.25. The topological polar surface area (TPSA) is 61.9 Å². The van der Waals surface area contributed by atoms with Gasteiger partial charge < -0.3 is 19.9 Å². The predicted molar refractivity (Wildman–Crippen MR) is 102 cm³/mol. The molecule has 1 aromatic rings. The summed E-state index contributed by atoms with van der Waals surface area (Å²) in [7, 11) is 1.63. The van der Waals surface area contributed by atoms with Gasteiger partial charge in [-0.05, 0) is 29.5 Å². The van der Waals surface area contributed by atoms with E-state index in [0.717, 1.165) is 17.7 Å². The molecule has 1 aliphatic heterocycles. The first-order valence-corrected chi connectivity index (χ1v) is 9.22. The monoisotopic (exact) mass is 361 g/mol. The van der Waals surface area contributed by atoms with Crippen molar-refractivity contribution in [2.75, 3.05) is 39.8 Å². The SMILES string of the molecule is COc1ccc(CC(=O)N2CCCN(C(=O)NCC(C)(C)C)CC2)cc1. The van der Waals surface area contributed by atoms with Crippen molar-refractivity contribution < 1.29 is 14.3 Å². The lowest BCUT2D eigenvalue weighted by molar-refractivity contribution is -0.130. The number of ether oxygens (including phenoxy) is 1. The molecule has 0 aromatic heterocycles. The summed E-state index contributed by atoms with van der Waals surface area (Å²) in [5.41, 5.74) is 1.03. The van der Waals surface area contributed by atoms with Gasteiger partial charge in [-0.2, -0.15) is 0 Å². The Hall–Kier alpha value is -2.24. The van der Waals surface area contributed by atoms with Crippen LogP contribution in [0.25, 0.3) is 0 Å². The van der Waals surface area contributed by atoms with Crippen molar-refractivity contribution in [1.29, 1.82) is 0 Å². The molecule has 0 aliphatic carbocycles. The Morgan fingerprint density at radius 2 is 1.65 bits per heavy atom. The molecule has 0 spiro atoms. The summed E-state index contributed by atoms with van der Waals surface area (Å²) >= 11 is 0. The molecule has 1 fully saturated rings. The zero-order valence-corrected chi connectivity index (χ0v) is 16.4. The van der Waals surface area contributed by atoms with Gasteiger partial charge >= 0.3 is 6.03 Å². The summed E-state index contributed by atoms with van der Waals surface area (Å²) < 4.78 is 5.14. The largest absolute Gasteiger partial charge is 0.497 e. The smallest absolute Gasteiger partial charge is 0.317 e. The molecule has 0 unspecified atom stereocenters. The molecule has 0 bridgehead atoms. The Balaban J connectivity index is 1.84. The highest BCUT2D eigenvalue weighted by atomic mass is 16.5. The molecule has 1 heterocycles. The van der Waals surface area contributed by atoms with Gasteiger partial charge in [-0.3, -0.25) is 4.79 Å². The quantitative estimate of drug-likeness (QED) is 0.896. The second-order valence-electron chi connectivity index (χ2n) is 7.97. The second kappa shape index (κ2) is 8.92. The molecule has 6 heteroatoms. The highest BCUT2D eigenvalue weighted by Crippen LogP contribution is 2.14. The van der Waals surface area contributed by atoms with Crippen LogP contribution >= 0.6 is 0 Å². The van der Waals surface area contributed by atoms with Crippen LogP contribution in [-0.2, 0) is 11.2 Å². The lowest BCUT2D eigenvalue weighted by Crippen LogP contribution is -2.45. The summed E-state index contributed by atoms with van der Waals surface area (Å²) in [5.74, 6) is 0.889. The van der Waals surface area contributed by atoms with Crippen molar-refractivity contribution in [2.45, 2.75) is 33.6 Å². The Bertz CT molecular complexity index is 608. The minimum absolute atomic E-state index is 0.0376. The third-order valence-electron chi connectivity index (χ3n) is 4.42. The van der Waals surface area contributed by atoms with Crippen LogP contribution in [0, 0.1) is 5.41 Å². The van der Waals surface area contributed by atoms with Crippen molar-refractivity contribution in [1.82, 2.24) is 15.1 Å². The Morgan fingerprint density at radius 1 is 1.04 bits per heavy atom. The number of hydrogen-bond acceptors (Lipinski definition) is 3. The number of nitrogens with zero attached hydrogens (tertiary/aromatic N) is 2. The molecule has 0 atom stereocenters. The van der Waals surface area contributed by atoms with Gasteiger partial charge in [-0.1, -0.05) is 32.9 Å². The summed E-state index contributed by atoms with van der Waals surface area (Å²) in [6, 6.07) is 7.53. The molecule has 1 aromatic carbocycles. The number of hydrogen-bond donors (Lipinski definition) is 1. The summed E-state index contributed by atoms with van der Waals surface area (Å²) in [6.45, 7) is 9.45. The zero-order valence-electron chi connectivity index (χ0n) is 16.4. The molecule has 0 radical (unpaired) electrons. The van der Waals surface area contributed by atoms with E-state index in [0.29, 0.717) is 39.1 Å². The fraction of sp³-hybridized carbons (Fsp3) is 0.600. The molecule has 6 nitrogen and oxygen atoms in total. The van der Waals surface area contributed by atoms with Crippen molar-refractivity contribution in [2.24, 2.45) is 5.41 Å². The van der Waals surface area contributed by atoms with Gasteiger partial charge in [0.15, 0.2) is 0 Å². The summed E-state index contributed by atoms with van der Waals surface area (Å²) in [6.07, 6.45) is 1.18. The van der Waals surface area contributed by atoms with Crippen LogP contribution in [0.2, 0.25) is 0 Å². The number of carbonyl (C=O) groups excluding carboxylic acids is 2. The first-order chi connectivity index (χ1) is 12.3. The van der Waals surface area contributed by atoms with Crippen molar-refractivity contribution >= 4 is 11.9 Å². The van der Waals surface area contributed by atoms with Gasteiger partial charge in [0.2, 0.25) is 5.91 Å². The van der Waals surface area contributed by atoms with E-state index < -0.39 is 0 Å². The zero-order chi connectivity index (χ0) is 19.2. The third kappa shape index (κ3) is 6.24. The van der Waals surface area contributed by atoms with E-state index in [-0.39, 0.29) is 17.4 Å². The van der Waals surface area contributed by atoms with E-state index in [4.69, 9.17) is 4.74 Å².